The lowest BCUT2D eigenvalue weighted by Crippen LogP contribution is -1.98. The van der Waals surface area contributed by atoms with Crippen LogP contribution in [-0.4, -0.2) is 25.8 Å². The lowest BCUT2D eigenvalue weighted by Gasteiger charge is -2.05. The summed E-state index contributed by atoms with van der Waals surface area (Å²) in [5, 5.41) is 6.15. The minimum atomic E-state index is -0.116. The van der Waals surface area contributed by atoms with Gasteiger partial charge in [0.2, 0.25) is 0 Å². The van der Waals surface area contributed by atoms with Crippen LogP contribution in [0.5, 0.6) is 11.5 Å². The Kier molecular flexibility index (Phi) is 7.81. The van der Waals surface area contributed by atoms with Crippen LogP contribution in [0.4, 0.5) is 11.4 Å². The first-order valence-corrected chi connectivity index (χ1v) is 9.92. The topological polar surface area (TPSA) is 76.7 Å². The summed E-state index contributed by atoms with van der Waals surface area (Å²) in [4.78, 5) is 24.5. The van der Waals surface area contributed by atoms with Crippen molar-refractivity contribution in [1.29, 1.82) is 0 Å². The number of carbonyl (C=O) groups is 2. The third-order valence-electron chi connectivity index (χ3n) is 4.58. The SMILES string of the molecule is COc1ccc(C(=O)/C=C/Nc2cccc(N/C=C/C(=O)c3ccc(OC)cc3)c2)cc1. The number of carbonyl (C=O) groups excluding carboxylic acids is 2. The van der Waals surface area contributed by atoms with E-state index >= 15 is 0 Å². The molecule has 162 valence electrons. The monoisotopic (exact) mass is 428 g/mol. The number of anilines is 2. The molecule has 0 amide bonds. The number of benzene rings is 3. The first kappa shape index (κ1) is 22.4. The molecule has 0 aliphatic carbocycles. The number of rotatable bonds is 10. The van der Waals surface area contributed by atoms with Crippen LogP contribution < -0.4 is 20.1 Å². The molecule has 0 bridgehead atoms. The van der Waals surface area contributed by atoms with Crippen molar-refractivity contribution in [3.8, 4) is 11.5 Å². The summed E-state index contributed by atoms with van der Waals surface area (Å²) >= 11 is 0. The van der Waals surface area contributed by atoms with Gasteiger partial charge in [-0.2, -0.15) is 0 Å². The molecule has 0 aromatic heterocycles. The Hall–Kier alpha value is -4.32. The van der Waals surface area contributed by atoms with Crippen molar-refractivity contribution in [2.75, 3.05) is 24.9 Å². The Morgan fingerprint density at radius 3 is 1.44 bits per heavy atom. The van der Waals surface area contributed by atoms with Crippen molar-refractivity contribution in [1.82, 2.24) is 0 Å². The minimum Gasteiger partial charge on any atom is -0.497 e. The van der Waals surface area contributed by atoms with Crippen LogP contribution in [-0.2, 0) is 0 Å². The summed E-state index contributed by atoms with van der Waals surface area (Å²) < 4.78 is 10.2. The lowest BCUT2D eigenvalue weighted by molar-refractivity contribution is 0.103. The molecule has 0 radical (unpaired) electrons. The predicted molar refractivity (Wildman–Crippen MR) is 127 cm³/mol. The molecule has 6 heteroatoms. The van der Waals surface area contributed by atoms with Crippen LogP contribution in [0.15, 0.2) is 97.3 Å². The average molecular weight is 428 g/mol. The molecule has 0 unspecified atom stereocenters. The number of ketones is 2. The Bertz CT molecular complexity index is 1030. The van der Waals surface area contributed by atoms with E-state index in [0.717, 1.165) is 11.4 Å². The largest absolute Gasteiger partial charge is 0.497 e. The zero-order valence-corrected chi connectivity index (χ0v) is 17.9. The van der Waals surface area contributed by atoms with E-state index < -0.39 is 0 Å². The normalized spacial score (nSPS) is 10.8. The molecule has 0 aliphatic rings. The first-order valence-electron chi connectivity index (χ1n) is 9.92. The lowest BCUT2D eigenvalue weighted by atomic mass is 10.1. The quantitative estimate of drug-likeness (QED) is 0.336. The molecule has 0 saturated heterocycles. The van der Waals surface area contributed by atoms with Crippen molar-refractivity contribution in [2.24, 2.45) is 0 Å². The van der Waals surface area contributed by atoms with Crippen LogP contribution in [0.3, 0.4) is 0 Å². The molecular weight excluding hydrogens is 404 g/mol. The minimum absolute atomic E-state index is 0.116. The fourth-order valence-corrected chi connectivity index (χ4v) is 2.83. The molecule has 0 fully saturated rings. The van der Waals surface area contributed by atoms with Gasteiger partial charge in [0.15, 0.2) is 11.6 Å². The van der Waals surface area contributed by atoms with Crippen molar-refractivity contribution in [3.63, 3.8) is 0 Å². The van der Waals surface area contributed by atoms with Crippen LogP contribution >= 0.6 is 0 Å². The van der Waals surface area contributed by atoms with E-state index in [1.807, 2.05) is 24.3 Å². The van der Waals surface area contributed by atoms with Gasteiger partial charge in [-0.3, -0.25) is 9.59 Å². The summed E-state index contributed by atoms with van der Waals surface area (Å²) in [6.07, 6.45) is 6.12. The maximum absolute atomic E-state index is 12.2. The fourth-order valence-electron chi connectivity index (χ4n) is 2.83. The van der Waals surface area contributed by atoms with E-state index in [2.05, 4.69) is 10.6 Å². The standard InChI is InChI=1S/C26H24N2O4/c1-31-23-10-6-19(7-11-23)25(29)14-16-27-21-4-3-5-22(18-21)28-17-15-26(30)20-8-12-24(32-2)13-9-20/h3-18,27-28H,1-2H3/b16-14+,17-15+. The zero-order valence-electron chi connectivity index (χ0n) is 17.9. The van der Waals surface area contributed by atoms with E-state index in [4.69, 9.17) is 9.47 Å². The molecule has 3 rings (SSSR count). The number of hydrogen-bond acceptors (Lipinski definition) is 6. The van der Waals surface area contributed by atoms with Crippen LogP contribution in [0.2, 0.25) is 0 Å². The zero-order chi connectivity index (χ0) is 22.8. The van der Waals surface area contributed by atoms with Crippen LogP contribution in [0, 0.1) is 0 Å². The Morgan fingerprint density at radius 1 is 0.656 bits per heavy atom. The van der Waals surface area contributed by atoms with Crippen LogP contribution in [0.25, 0.3) is 0 Å². The van der Waals surface area contributed by atoms with E-state index in [-0.39, 0.29) is 11.6 Å². The smallest absolute Gasteiger partial charge is 0.187 e. The van der Waals surface area contributed by atoms with E-state index in [1.54, 1.807) is 75.2 Å². The summed E-state index contributed by atoms with van der Waals surface area (Å²) in [6.45, 7) is 0. The second-order valence-corrected chi connectivity index (χ2v) is 6.72. The molecule has 2 N–H and O–H groups in total. The van der Waals surface area contributed by atoms with Gasteiger partial charge in [-0.05, 0) is 66.7 Å². The number of allylic oxidation sites excluding steroid dienone is 2. The summed E-state index contributed by atoms with van der Waals surface area (Å²) in [5.41, 5.74) is 2.74. The van der Waals surface area contributed by atoms with Crippen molar-refractivity contribution >= 4 is 22.9 Å². The highest BCUT2D eigenvalue weighted by molar-refractivity contribution is 6.05. The molecule has 0 aliphatic heterocycles. The van der Waals surface area contributed by atoms with Crippen molar-refractivity contribution < 1.29 is 19.1 Å². The van der Waals surface area contributed by atoms with Gasteiger partial charge in [-0.25, -0.2) is 0 Å². The molecule has 3 aromatic rings. The number of methoxy groups -OCH3 is 2. The fraction of sp³-hybridized carbons (Fsp3) is 0.0769. The summed E-state index contributed by atoms with van der Waals surface area (Å²) in [6, 6.07) is 21.3. The Labute approximate surface area is 187 Å². The third-order valence-corrected chi connectivity index (χ3v) is 4.58. The van der Waals surface area contributed by atoms with Crippen molar-refractivity contribution in [3.05, 3.63) is 108 Å². The van der Waals surface area contributed by atoms with Gasteiger partial charge in [-0.1, -0.05) is 6.07 Å². The van der Waals surface area contributed by atoms with Gasteiger partial charge < -0.3 is 20.1 Å². The molecule has 0 atom stereocenters. The third kappa shape index (κ3) is 6.34. The second-order valence-electron chi connectivity index (χ2n) is 6.72. The molecule has 6 nitrogen and oxygen atoms in total. The predicted octanol–water partition coefficient (Wildman–Crippen LogP) is 5.32. The molecule has 0 heterocycles. The van der Waals surface area contributed by atoms with Crippen LogP contribution in [0.1, 0.15) is 20.7 Å². The number of ether oxygens (including phenoxy) is 2. The van der Waals surface area contributed by atoms with E-state index in [9.17, 15) is 9.59 Å². The highest BCUT2D eigenvalue weighted by atomic mass is 16.5. The van der Waals surface area contributed by atoms with E-state index in [1.165, 1.54) is 12.2 Å². The molecule has 0 spiro atoms. The molecule has 32 heavy (non-hydrogen) atoms. The van der Waals surface area contributed by atoms with Gasteiger partial charge in [0.25, 0.3) is 0 Å². The number of nitrogens with one attached hydrogen (secondary N) is 2. The molecule has 3 aromatic carbocycles. The maximum Gasteiger partial charge on any atom is 0.187 e. The van der Waals surface area contributed by atoms with Gasteiger partial charge in [0.1, 0.15) is 11.5 Å². The highest BCUT2D eigenvalue weighted by Crippen LogP contribution is 2.16. The highest BCUT2D eigenvalue weighted by Gasteiger charge is 2.03. The Balaban J connectivity index is 1.54. The average Bonchev–Trinajstić information content (AvgIpc) is 2.84. The molecular formula is C26H24N2O4. The molecule has 0 saturated carbocycles. The maximum atomic E-state index is 12.2. The van der Waals surface area contributed by atoms with Crippen molar-refractivity contribution in [2.45, 2.75) is 0 Å². The van der Waals surface area contributed by atoms with Gasteiger partial charge in [-0.15, -0.1) is 0 Å². The second kappa shape index (κ2) is 11.2. The Morgan fingerprint density at radius 2 is 1.06 bits per heavy atom. The first-order chi connectivity index (χ1) is 15.6. The summed E-state index contributed by atoms with van der Waals surface area (Å²) in [5.74, 6) is 1.17. The number of hydrogen-bond donors (Lipinski definition) is 2. The van der Waals surface area contributed by atoms with Gasteiger partial charge in [0, 0.05) is 47.1 Å². The van der Waals surface area contributed by atoms with E-state index in [0.29, 0.717) is 22.6 Å². The van der Waals surface area contributed by atoms with Gasteiger partial charge in [0.05, 0.1) is 14.2 Å². The van der Waals surface area contributed by atoms with Gasteiger partial charge >= 0.3 is 0 Å². The summed E-state index contributed by atoms with van der Waals surface area (Å²) in [7, 11) is 3.16.